The van der Waals surface area contributed by atoms with E-state index >= 15 is 0 Å². The lowest BCUT2D eigenvalue weighted by Gasteiger charge is -2.14. The molecule has 2 heterocycles. The summed E-state index contributed by atoms with van der Waals surface area (Å²) in [6, 6.07) is 7.13. The molecular weight excluding hydrogens is 369 g/mol. The Kier molecular flexibility index (Phi) is 3.69. The van der Waals surface area contributed by atoms with Crippen molar-refractivity contribution in [1.29, 1.82) is 0 Å². The smallest absolute Gasteiger partial charge is 0.263 e. The number of sulfonamides is 1. The van der Waals surface area contributed by atoms with Gasteiger partial charge in [0, 0.05) is 18.2 Å². The van der Waals surface area contributed by atoms with Crippen molar-refractivity contribution in [3.05, 3.63) is 53.9 Å². The molecule has 0 atom stereocenters. The first-order chi connectivity index (χ1) is 12.3. The maximum Gasteiger partial charge on any atom is 0.417 e. The molecule has 1 aromatic carbocycles. The molecule has 0 unspecified atom stereocenters. The third-order valence-electron chi connectivity index (χ3n) is 4.09. The van der Waals surface area contributed by atoms with E-state index in [1.165, 1.54) is 22.8 Å². The predicted molar refractivity (Wildman–Crippen MR) is 87.2 cm³/mol. The fourth-order valence-corrected chi connectivity index (χ4v) is 3.97. The molecule has 1 aliphatic rings. The van der Waals surface area contributed by atoms with Crippen LogP contribution in [-0.2, 0) is 16.2 Å². The summed E-state index contributed by atoms with van der Waals surface area (Å²) in [4.78, 5) is 3.28. The predicted octanol–water partition coefficient (Wildman–Crippen LogP) is 3.43. The molecule has 1 N–H and O–H groups in total. The summed E-state index contributed by atoms with van der Waals surface area (Å²) in [6.45, 7) is 0. The van der Waals surface area contributed by atoms with Gasteiger partial charge in [0.25, 0.3) is 10.0 Å². The van der Waals surface area contributed by atoms with Gasteiger partial charge in [-0.15, -0.1) is 0 Å². The first kappa shape index (κ1) is 16.8. The van der Waals surface area contributed by atoms with Crippen LogP contribution in [0.5, 0.6) is 0 Å². The number of rotatable bonds is 4. The Morgan fingerprint density at radius 2 is 1.88 bits per heavy atom. The van der Waals surface area contributed by atoms with Crippen molar-refractivity contribution in [2.75, 3.05) is 4.72 Å². The summed E-state index contributed by atoms with van der Waals surface area (Å²) in [6.07, 6.45) is -1.40. The summed E-state index contributed by atoms with van der Waals surface area (Å²) in [7, 11) is -4.47. The summed E-state index contributed by atoms with van der Waals surface area (Å²) in [5.74, 6) is 0.353. The Hall–Kier alpha value is -2.62. The van der Waals surface area contributed by atoms with Crippen LogP contribution in [0.25, 0.3) is 5.65 Å². The molecule has 26 heavy (non-hydrogen) atoms. The van der Waals surface area contributed by atoms with Crippen molar-refractivity contribution in [1.82, 2.24) is 14.6 Å². The van der Waals surface area contributed by atoms with Gasteiger partial charge >= 0.3 is 6.18 Å². The number of nitrogens with one attached hydrogen (secondary N) is 1. The van der Waals surface area contributed by atoms with Gasteiger partial charge in [0.1, 0.15) is 5.82 Å². The van der Waals surface area contributed by atoms with Crippen LogP contribution in [0.15, 0.2) is 47.5 Å². The van der Waals surface area contributed by atoms with Crippen LogP contribution in [-0.4, -0.2) is 23.0 Å². The van der Waals surface area contributed by atoms with Crippen molar-refractivity contribution in [3.63, 3.8) is 0 Å². The van der Waals surface area contributed by atoms with Crippen molar-refractivity contribution in [2.45, 2.75) is 29.8 Å². The highest BCUT2D eigenvalue weighted by atomic mass is 32.2. The van der Waals surface area contributed by atoms with Gasteiger partial charge in [-0.3, -0.25) is 4.72 Å². The van der Waals surface area contributed by atoms with Crippen LogP contribution >= 0.6 is 0 Å². The average molecular weight is 382 g/mol. The fourth-order valence-electron chi connectivity index (χ4n) is 2.70. The number of anilines is 1. The van der Waals surface area contributed by atoms with Crippen LogP contribution in [0.4, 0.5) is 19.0 Å². The zero-order valence-electron chi connectivity index (χ0n) is 13.2. The van der Waals surface area contributed by atoms with Gasteiger partial charge < -0.3 is 0 Å². The zero-order chi connectivity index (χ0) is 18.5. The topological polar surface area (TPSA) is 76.4 Å². The molecule has 0 bridgehead atoms. The molecule has 2 aromatic heterocycles. The van der Waals surface area contributed by atoms with Crippen molar-refractivity contribution < 1.29 is 21.6 Å². The zero-order valence-corrected chi connectivity index (χ0v) is 14.0. The van der Waals surface area contributed by atoms with Crippen LogP contribution in [0.1, 0.15) is 30.0 Å². The van der Waals surface area contributed by atoms with Gasteiger partial charge in [0.05, 0.1) is 16.2 Å². The van der Waals surface area contributed by atoms with E-state index in [2.05, 4.69) is 14.8 Å². The van der Waals surface area contributed by atoms with E-state index in [0.29, 0.717) is 11.6 Å². The molecule has 0 spiro atoms. The largest absolute Gasteiger partial charge is 0.417 e. The number of hydrogen-bond acceptors (Lipinski definition) is 4. The maximum absolute atomic E-state index is 13.1. The molecule has 4 rings (SSSR count). The van der Waals surface area contributed by atoms with E-state index in [1.54, 1.807) is 6.07 Å². The standard InChI is InChI=1S/C16H13F3N4O2S/c17-16(18,19)11-3-1-2-4-13(11)26(24,25)22-14-7-8-20-15-9-12(10-5-6-10)21-23(14)15/h1-4,7-10,22H,5-6H2. The van der Waals surface area contributed by atoms with Gasteiger partial charge in [-0.25, -0.2) is 13.4 Å². The summed E-state index contributed by atoms with van der Waals surface area (Å²) in [5, 5.41) is 4.33. The lowest BCUT2D eigenvalue weighted by molar-refractivity contribution is -0.139. The summed E-state index contributed by atoms with van der Waals surface area (Å²) in [5.41, 5.74) is -0.00650. The van der Waals surface area contributed by atoms with Gasteiger partial charge in [-0.2, -0.15) is 22.8 Å². The lowest BCUT2D eigenvalue weighted by Crippen LogP contribution is -2.20. The van der Waals surface area contributed by atoms with E-state index in [1.807, 2.05) is 0 Å². The Bertz CT molecular complexity index is 1090. The van der Waals surface area contributed by atoms with Gasteiger partial charge in [-0.1, -0.05) is 12.1 Å². The van der Waals surface area contributed by atoms with Crippen LogP contribution in [0, 0.1) is 0 Å². The second-order valence-electron chi connectivity index (χ2n) is 6.04. The molecule has 136 valence electrons. The molecule has 0 saturated heterocycles. The Labute approximate surface area is 146 Å². The summed E-state index contributed by atoms with van der Waals surface area (Å²) < 4.78 is 68.1. The Morgan fingerprint density at radius 1 is 1.15 bits per heavy atom. The number of fused-ring (bicyclic) bond motifs is 1. The molecule has 0 aliphatic heterocycles. The van der Waals surface area contributed by atoms with E-state index in [9.17, 15) is 21.6 Å². The molecule has 0 radical (unpaired) electrons. The SMILES string of the molecule is O=S(=O)(Nc1ccnc2cc(C3CC3)nn12)c1ccccc1C(F)(F)F. The third-order valence-corrected chi connectivity index (χ3v) is 5.51. The fraction of sp³-hybridized carbons (Fsp3) is 0.250. The molecule has 1 fully saturated rings. The van der Waals surface area contributed by atoms with Crippen LogP contribution in [0.2, 0.25) is 0 Å². The number of halogens is 3. The lowest BCUT2D eigenvalue weighted by atomic mass is 10.2. The molecule has 6 nitrogen and oxygen atoms in total. The minimum atomic E-state index is -4.79. The van der Waals surface area contributed by atoms with E-state index < -0.39 is 26.7 Å². The maximum atomic E-state index is 13.1. The molecule has 1 saturated carbocycles. The molecule has 1 aliphatic carbocycles. The average Bonchev–Trinajstić information content (AvgIpc) is 3.33. The van der Waals surface area contributed by atoms with Gasteiger partial charge in [0.15, 0.2) is 5.65 Å². The molecule has 0 amide bonds. The third kappa shape index (κ3) is 3.00. The highest BCUT2D eigenvalue weighted by molar-refractivity contribution is 7.92. The number of aromatic nitrogens is 3. The quantitative estimate of drug-likeness (QED) is 0.750. The van der Waals surface area contributed by atoms with Gasteiger partial charge in [-0.05, 0) is 31.0 Å². The highest BCUT2D eigenvalue weighted by Gasteiger charge is 2.37. The van der Waals surface area contributed by atoms with Crippen molar-refractivity contribution >= 4 is 21.5 Å². The van der Waals surface area contributed by atoms with E-state index in [-0.39, 0.29) is 5.82 Å². The molecule has 10 heteroatoms. The first-order valence-electron chi connectivity index (χ1n) is 7.79. The Morgan fingerprint density at radius 3 is 2.58 bits per heavy atom. The molecule has 3 aromatic rings. The minimum Gasteiger partial charge on any atom is -0.263 e. The number of hydrogen-bond donors (Lipinski definition) is 1. The second-order valence-corrected chi connectivity index (χ2v) is 7.69. The number of benzene rings is 1. The Balaban J connectivity index is 1.77. The van der Waals surface area contributed by atoms with Crippen LogP contribution < -0.4 is 4.72 Å². The number of nitrogens with zero attached hydrogens (tertiary/aromatic N) is 3. The van der Waals surface area contributed by atoms with E-state index in [0.717, 1.165) is 36.7 Å². The van der Waals surface area contributed by atoms with Crippen LogP contribution in [0.3, 0.4) is 0 Å². The van der Waals surface area contributed by atoms with Crippen molar-refractivity contribution in [3.8, 4) is 0 Å². The second kappa shape index (κ2) is 5.70. The molecular formula is C16H13F3N4O2S. The normalized spacial score (nSPS) is 15.3. The van der Waals surface area contributed by atoms with Crippen molar-refractivity contribution in [2.24, 2.45) is 0 Å². The highest BCUT2D eigenvalue weighted by Crippen LogP contribution is 2.39. The van der Waals surface area contributed by atoms with Gasteiger partial charge in [0.2, 0.25) is 0 Å². The first-order valence-corrected chi connectivity index (χ1v) is 9.28. The van der Waals surface area contributed by atoms with E-state index in [4.69, 9.17) is 0 Å². The monoisotopic (exact) mass is 382 g/mol. The minimum absolute atomic E-state index is 0.0267. The summed E-state index contributed by atoms with van der Waals surface area (Å²) >= 11 is 0. The number of alkyl halides is 3.